The highest BCUT2D eigenvalue weighted by Gasteiger charge is 2.17. The largest absolute Gasteiger partial charge is 0.450 e. The monoisotopic (exact) mass is 289 g/mol. The summed E-state index contributed by atoms with van der Waals surface area (Å²) in [5, 5.41) is 19.2. The highest BCUT2D eigenvalue weighted by Crippen LogP contribution is 2.32. The lowest BCUT2D eigenvalue weighted by Crippen LogP contribution is -2.05. The van der Waals surface area contributed by atoms with Crippen LogP contribution >= 0.6 is 0 Å². The van der Waals surface area contributed by atoms with Crippen molar-refractivity contribution in [3.63, 3.8) is 0 Å². The minimum absolute atomic E-state index is 0.00874. The van der Waals surface area contributed by atoms with Crippen molar-refractivity contribution in [2.45, 2.75) is 6.42 Å². The summed E-state index contributed by atoms with van der Waals surface area (Å²) in [5.41, 5.74) is 0.200. The van der Waals surface area contributed by atoms with Gasteiger partial charge in [-0.05, 0) is 23.8 Å². The van der Waals surface area contributed by atoms with E-state index in [1.807, 2.05) is 0 Å². The molecule has 0 atom stereocenters. The number of rotatable bonds is 5. The predicted octanol–water partition coefficient (Wildman–Crippen LogP) is 2.95. The number of hydrogen-bond acceptors (Lipinski definition) is 6. The molecule has 2 rings (SSSR count). The summed E-state index contributed by atoms with van der Waals surface area (Å²) in [4.78, 5) is 25.0. The van der Waals surface area contributed by atoms with Gasteiger partial charge in [-0.3, -0.25) is 10.1 Å². The number of hydrogen-bond donors (Lipinski definition) is 1. The molecule has 0 aliphatic heterocycles. The van der Waals surface area contributed by atoms with E-state index in [-0.39, 0.29) is 17.9 Å². The normalized spacial score (nSPS) is 9.95. The maximum atomic E-state index is 11.0. The van der Waals surface area contributed by atoms with E-state index in [0.29, 0.717) is 11.3 Å². The fourth-order valence-corrected chi connectivity index (χ4v) is 1.72. The van der Waals surface area contributed by atoms with Crippen LogP contribution in [0.5, 0.6) is 11.5 Å². The first-order valence-electron chi connectivity index (χ1n) is 5.94. The van der Waals surface area contributed by atoms with Gasteiger partial charge in [0.2, 0.25) is 5.75 Å². The number of nitro groups is 1. The van der Waals surface area contributed by atoms with E-state index in [4.69, 9.17) is 9.99 Å². The fourth-order valence-electron chi connectivity index (χ4n) is 1.72. The van der Waals surface area contributed by atoms with Crippen molar-refractivity contribution in [3.8, 4) is 11.5 Å². The van der Waals surface area contributed by atoms with Gasteiger partial charge in [0.05, 0.1) is 11.3 Å². The van der Waals surface area contributed by atoms with Gasteiger partial charge in [0.15, 0.2) is 0 Å². The number of nitrogens with zero attached hydrogens (tertiary/aromatic N) is 1. The molecule has 0 saturated heterocycles. The lowest BCUT2D eigenvalue weighted by molar-refractivity contribution is -0.385. The number of ether oxygens (including phenoxy) is 1. The molecular weight excluding hydrogens is 278 g/mol. The Bertz CT molecular complexity index is 656. The second-order valence-corrected chi connectivity index (χ2v) is 4.11. The van der Waals surface area contributed by atoms with Crippen molar-refractivity contribution in [2.24, 2.45) is 0 Å². The lowest BCUT2D eigenvalue weighted by atomic mass is 10.1. The van der Waals surface area contributed by atoms with Crippen molar-refractivity contribution in [1.82, 2.24) is 0 Å². The van der Waals surface area contributed by atoms with E-state index in [1.54, 1.807) is 30.3 Å². The molecule has 0 fully saturated rings. The van der Waals surface area contributed by atoms with Crippen LogP contribution in [0.25, 0.3) is 0 Å². The van der Waals surface area contributed by atoms with Crippen LogP contribution < -0.4 is 4.74 Å². The minimum atomic E-state index is -0.866. The molecule has 0 unspecified atom stereocenters. The van der Waals surface area contributed by atoms with Crippen LogP contribution in [-0.4, -0.2) is 16.1 Å². The molecule has 108 valence electrons. The zero-order valence-electron chi connectivity index (χ0n) is 10.8. The fraction of sp³-hybridized carbons (Fsp3) is 0.0714. The van der Waals surface area contributed by atoms with Crippen molar-refractivity contribution in [3.05, 3.63) is 64.2 Å². The average molecular weight is 289 g/mol. The van der Waals surface area contributed by atoms with Crippen molar-refractivity contribution in [2.75, 3.05) is 0 Å². The summed E-state index contributed by atoms with van der Waals surface area (Å²) in [7, 11) is 0. The molecule has 0 bridgehead atoms. The standard InChI is InChI=1S/C14H11NO6/c16-14(21-19)9-10-6-7-12(15(17)18)13(8-10)20-11-4-2-1-3-5-11/h1-8,19H,9H2. The van der Waals surface area contributed by atoms with Crippen LogP contribution in [0.2, 0.25) is 0 Å². The van der Waals surface area contributed by atoms with Crippen LogP contribution in [0.15, 0.2) is 48.5 Å². The number of para-hydroxylation sites is 1. The van der Waals surface area contributed by atoms with Crippen LogP contribution in [0.1, 0.15) is 5.56 Å². The Hall–Kier alpha value is -2.93. The Balaban J connectivity index is 2.33. The average Bonchev–Trinajstić information content (AvgIpc) is 2.48. The van der Waals surface area contributed by atoms with Gasteiger partial charge in [0.1, 0.15) is 5.75 Å². The first-order valence-corrected chi connectivity index (χ1v) is 5.94. The second kappa shape index (κ2) is 6.49. The van der Waals surface area contributed by atoms with Gasteiger partial charge in [-0.25, -0.2) is 4.79 Å². The van der Waals surface area contributed by atoms with Gasteiger partial charge < -0.3 is 9.62 Å². The molecular formula is C14H11NO6. The summed E-state index contributed by atoms with van der Waals surface area (Å²) in [5.74, 6) is -0.425. The Morgan fingerprint density at radius 1 is 1.19 bits per heavy atom. The van der Waals surface area contributed by atoms with E-state index in [2.05, 4.69) is 4.89 Å². The Morgan fingerprint density at radius 3 is 2.52 bits per heavy atom. The zero-order valence-corrected chi connectivity index (χ0v) is 10.8. The maximum Gasteiger partial charge on any atom is 0.346 e. The Labute approximate surface area is 119 Å². The van der Waals surface area contributed by atoms with Crippen molar-refractivity contribution < 1.29 is 24.6 Å². The van der Waals surface area contributed by atoms with Gasteiger partial charge in [-0.2, -0.15) is 5.26 Å². The number of benzene rings is 2. The summed E-state index contributed by atoms with van der Waals surface area (Å²) in [6, 6.07) is 12.5. The van der Waals surface area contributed by atoms with Crippen LogP contribution in [-0.2, 0) is 16.1 Å². The molecule has 7 heteroatoms. The molecule has 2 aromatic rings. The highest BCUT2D eigenvalue weighted by atomic mass is 17.1. The van der Waals surface area contributed by atoms with E-state index in [9.17, 15) is 14.9 Å². The SMILES string of the molecule is O=C(Cc1ccc([N+](=O)[O-])c(Oc2ccccc2)c1)OO. The Kier molecular flexibility index (Phi) is 4.47. The third-order valence-corrected chi connectivity index (χ3v) is 2.64. The summed E-state index contributed by atoms with van der Waals surface area (Å²) in [6.45, 7) is 0. The molecule has 21 heavy (non-hydrogen) atoms. The quantitative estimate of drug-likeness (QED) is 0.516. The summed E-state index contributed by atoms with van der Waals surface area (Å²) < 4.78 is 5.47. The molecule has 0 aliphatic rings. The Morgan fingerprint density at radius 2 is 1.90 bits per heavy atom. The zero-order chi connectivity index (χ0) is 15.2. The van der Waals surface area contributed by atoms with Crippen molar-refractivity contribution >= 4 is 11.7 Å². The molecule has 0 aromatic heterocycles. The summed E-state index contributed by atoms with van der Waals surface area (Å²) in [6.07, 6.45) is -0.223. The first kappa shape index (κ1) is 14.5. The molecule has 2 aromatic carbocycles. The van der Waals surface area contributed by atoms with Crippen LogP contribution in [0.4, 0.5) is 5.69 Å². The van der Waals surface area contributed by atoms with Gasteiger partial charge in [-0.1, -0.05) is 24.3 Å². The smallest absolute Gasteiger partial charge is 0.346 e. The van der Waals surface area contributed by atoms with E-state index < -0.39 is 10.9 Å². The van der Waals surface area contributed by atoms with E-state index in [1.165, 1.54) is 18.2 Å². The van der Waals surface area contributed by atoms with E-state index >= 15 is 0 Å². The molecule has 0 radical (unpaired) electrons. The van der Waals surface area contributed by atoms with Gasteiger partial charge >= 0.3 is 11.7 Å². The summed E-state index contributed by atoms with van der Waals surface area (Å²) >= 11 is 0. The van der Waals surface area contributed by atoms with Crippen molar-refractivity contribution in [1.29, 1.82) is 0 Å². The minimum Gasteiger partial charge on any atom is -0.450 e. The number of carbonyl (C=O) groups is 1. The van der Waals surface area contributed by atoms with Gasteiger partial charge in [0, 0.05) is 6.07 Å². The number of carbonyl (C=O) groups excluding carboxylic acids is 1. The topological polar surface area (TPSA) is 98.9 Å². The number of nitro benzene ring substituents is 1. The van der Waals surface area contributed by atoms with Crippen LogP contribution in [0, 0.1) is 10.1 Å². The van der Waals surface area contributed by atoms with Crippen LogP contribution in [0.3, 0.4) is 0 Å². The van der Waals surface area contributed by atoms with Gasteiger partial charge in [0.25, 0.3) is 0 Å². The molecule has 0 heterocycles. The third kappa shape index (κ3) is 3.77. The van der Waals surface area contributed by atoms with Gasteiger partial charge in [-0.15, -0.1) is 0 Å². The second-order valence-electron chi connectivity index (χ2n) is 4.11. The third-order valence-electron chi connectivity index (χ3n) is 2.64. The maximum absolute atomic E-state index is 11.0. The molecule has 7 nitrogen and oxygen atoms in total. The first-order chi connectivity index (χ1) is 10.1. The molecule has 0 amide bonds. The molecule has 0 saturated carbocycles. The molecule has 0 aliphatic carbocycles. The molecule has 1 N–H and O–H groups in total. The molecule has 0 spiro atoms. The highest BCUT2D eigenvalue weighted by molar-refractivity contribution is 5.72. The lowest BCUT2D eigenvalue weighted by Gasteiger charge is -2.07. The predicted molar refractivity (Wildman–Crippen MR) is 72.0 cm³/mol. The van der Waals surface area contributed by atoms with E-state index in [0.717, 1.165) is 0 Å².